The molecule has 0 saturated heterocycles. The van der Waals surface area contributed by atoms with Gasteiger partial charge in [-0.05, 0) is 115 Å². The molecule has 79 heavy (non-hydrogen) atoms. The summed E-state index contributed by atoms with van der Waals surface area (Å²) in [7, 11) is 0. The van der Waals surface area contributed by atoms with Crippen molar-refractivity contribution in [1.82, 2.24) is 0 Å². The molecule has 0 aliphatic heterocycles. The monoisotopic (exact) mass is 1030 g/mol. The van der Waals surface area contributed by atoms with Crippen molar-refractivity contribution in [3.05, 3.63) is 341 Å². The van der Waals surface area contributed by atoms with Crippen molar-refractivity contribution in [3.63, 3.8) is 0 Å². The minimum atomic E-state index is -0.468. The van der Waals surface area contributed by atoms with Gasteiger partial charge in [0.25, 0.3) is 0 Å². The van der Waals surface area contributed by atoms with Gasteiger partial charge in [0.05, 0.1) is 21.5 Å². The van der Waals surface area contributed by atoms with Crippen LogP contribution in [0, 0.1) is 0 Å². The molecule has 3 nitrogen and oxygen atoms in total. The van der Waals surface area contributed by atoms with Crippen LogP contribution in [0.4, 0.5) is 17.1 Å². The summed E-state index contributed by atoms with van der Waals surface area (Å²) in [6.07, 6.45) is 0. The third-order valence-electron chi connectivity index (χ3n) is 16.4. The molecule has 0 fully saturated rings. The van der Waals surface area contributed by atoms with Gasteiger partial charge in [-0.3, -0.25) is 0 Å². The maximum Gasteiger partial charge on any atom is 0.159 e. The van der Waals surface area contributed by atoms with Crippen LogP contribution in [0.25, 0.3) is 66.1 Å². The van der Waals surface area contributed by atoms with Crippen LogP contribution < -0.4 is 4.90 Å². The van der Waals surface area contributed by atoms with Gasteiger partial charge in [-0.1, -0.05) is 262 Å². The second kappa shape index (κ2) is 19.1. The van der Waals surface area contributed by atoms with Crippen molar-refractivity contribution in [2.24, 2.45) is 0 Å². The Morgan fingerprint density at radius 3 is 1.08 bits per heavy atom. The molecule has 0 spiro atoms. The highest BCUT2D eigenvalue weighted by atomic mass is 35.5. The number of halogens is 1. The van der Waals surface area contributed by atoms with Crippen molar-refractivity contribution < 1.29 is 8.83 Å². The lowest BCUT2D eigenvalue weighted by molar-refractivity contribution is 0.665. The maximum absolute atomic E-state index is 6.92. The molecule has 2 aliphatic rings. The van der Waals surface area contributed by atoms with Gasteiger partial charge in [0, 0.05) is 32.9 Å². The number of rotatable bonds is 7. The third-order valence-corrected chi connectivity index (χ3v) is 16.7. The molecule has 4 heteroatoms. The second-order valence-electron chi connectivity index (χ2n) is 20.3. The van der Waals surface area contributed by atoms with E-state index in [1.165, 1.54) is 66.8 Å². The Balaban J connectivity index is 0.000000148. The van der Waals surface area contributed by atoms with Crippen LogP contribution in [0.15, 0.2) is 300 Å². The first-order chi connectivity index (χ1) is 38.6. The lowest BCUT2D eigenvalue weighted by Gasteiger charge is -2.33. The highest BCUT2D eigenvalue weighted by molar-refractivity contribution is 6.35. The lowest BCUT2D eigenvalue weighted by atomic mass is 9.67. The molecule has 2 aliphatic carbocycles. The summed E-state index contributed by atoms with van der Waals surface area (Å²) >= 11 is 6.46. The number of hydrogen-bond acceptors (Lipinski definition) is 3. The molecular formula is C75H52ClNO2. The number of nitrogens with zero attached hydrogens (tertiary/aromatic N) is 1. The summed E-state index contributed by atoms with van der Waals surface area (Å²) in [6.45, 7) is 0. The fraction of sp³-hybridized carbons (Fsp3) is 0.0400. The van der Waals surface area contributed by atoms with Crippen LogP contribution in [0.5, 0.6) is 0 Å². The van der Waals surface area contributed by atoms with Crippen molar-refractivity contribution in [2.45, 2.75) is 18.3 Å². The molecule has 0 bridgehead atoms. The van der Waals surface area contributed by atoms with Crippen LogP contribution in [0.3, 0.4) is 0 Å². The van der Waals surface area contributed by atoms with E-state index in [1.54, 1.807) is 0 Å². The van der Waals surface area contributed by atoms with Crippen molar-refractivity contribution in [1.29, 1.82) is 0 Å². The molecule has 0 radical (unpaired) electrons. The average molecular weight is 1030 g/mol. The minimum Gasteiger partial charge on any atom is -0.454 e. The SMILES string of the molecule is C.Clc1cccc2c1oc1cc(C3(c4ccccc4)c4ccccc4-c4ccccc43)ccc12.c1ccc(N(c2ccccc2)c2cccc3c2oc2cc(C4(c5ccccc5)c5ccccc5-c5ccccc54)ccc23)cc1. The van der Waals surface area contributed by atoms with E-state index in [0.717, 1.165) is 60.9 Å². The Morgan fingerprint density at radius 1 is 0.291 bits per heavy atom. The zero-order valence-electron chi connectivity index (χ0n) is 42.4. The van der Waals surface area contributed by atoms with Gasteiger partial charge < -0.3 is 13.7 Å². The molecule has 2 aromatic heterocycles. The quantitative estimate of drug-likeness (QED) is 0.159. The van der Waals surface area contributed by atoms with Crippen LogP contribution in [0.1, 0.15) is 51.9 Å². The van der Waals surface area contributed by atoms with E-state index < -0.39 is 10.8 Å². The van der Waals surface area contributed by atoms with E-state index in [-0.39, 0.29) is 7.43 Å². The Morgan fingerprint density at radius 2 is 0.646 bits per heavy atom. The summed E-state index contributed by atoms with van der Waals surface area (Å²) < 4.78 is 13.2. The molecule has 2 heterocycles. The van der Waals surface area contributed by atoms with Gasteiger partial charge in [-0.15, -0.1) is 0 Å². The molecule has 376 valence electrons. The van der Waals surface area contributed by atoms with Crippen LogP contribution >= 0.6 is 11.6 Å². The van der Waals surface area contributed by atoms with Crippen LogP contribution in [-0.2, 0) is 10.8 Å². The molecule has 0 N–H and O–H groups in total. The van der Waals surface area contributed by atoms with E-state index >= 15 is 0 Å². The standard InChI is InChI=1S/C43H29NO.C31H19ClO.CH4/c1-4-15-30(16-5-1)43(38-24-12-10-21-34(38)35-22-11-13-25-39(35)43)31-27-28-36-37-23-14-26-40(42(37)45-41(36)29-31)44(32-17-6-2-7-18-32)33-19-8-3-9-20-33;32-28-16-8-13-25-24-18-17-21(19-29(24)33-30(25)28)31(20-9-2-1-3-10-20)26-14-6-4-11-22(26)23-12-5-7-15-27(23)31;/h1-29H;1-19H;1H4. The van der Waals surface area contributed by atoms with Crippen molar-refractivity contribution >= 4 is 72.5 Å². The van der Waals surface area contributed by atoms with Gasteiger partial charge in [-0.25, -0.2) is 0 Å². The van der Waals surface area contributed by atoms with Crippen LogP contribution in [0.2, 0.25) is 5.02 Å². The summed E-state index contributed by atoms with van der Waals surface area (Å²) in [5.41, 5.74) is 20.8. The third kappa shape index (κ3) is 7.20. The van der Waals surface area contributed by atoms with E-state index in [9.17, 15) is 0 Å². The van der Waals surface area contributed by atoms with E-state index in [1.807, 2.05) is 12.1 Å². The fourth-order valence-electron chi connectivity index (χ4n) is 13.2. The first kappa shape index (κ1) is 47.8. The molecule has 0 unspecified atom stereocenters. The first-order valence-corrected chi connectivity index (χ1v) is 27.0. The Kier molecular flexibility index (Phi) is 11.5. The van der Waals surface area contributed by atoms with Gasteiger partial charge in [0.15, 0.2) is 11.2 Å². The number of hydrogen-bond donors (Lipinski definition) is 0. The van der Waals surface area contributed by atoms with Gasteiger partial charge in [-0.2, -0.15) is 0 Å². The summed E-state index contributed by atoms with van der Waals surface area (Å²) in [4.78, 5) is 2.28. The lowest BCUT2D eigenvalue weighted by Crippen LogP contribution is -2.28. The Hall–Kier alpha value is -9.67. The van der Waals surface area contributed by atoms with Gasteiger partial charge in [0.2, 0.25) is 0 Å². The number of fused-ring (bicyclic) bond motifs is 12. The number of anilines is 3. The minimum absolute atomic E-state index is 0. The predicted molar refractivity (Wildman–Crippen MR) is 328 cm³/mol. The number of furan rings is 2. The summed E-state index contributed by atoms with van der Waals surface area (Å²) in [5, 5.41) is 4.98. The van der Waals surface area contributed by atoms with E-state index in [0.29, 0.717) is 5.02 Å². The Bertz CT molecular complexity index is 4450. The van der Waals surface area contributed by atoms with Gasteiger partial charge >= 0.3 is 0 Å². The van der Waals surface area contributed by atoms with E-state index in [2.05, 4.69) is 284 Å². The zero-order valence-corrected chi connectivity index (χ0v) is 43.1. The smallest absolute Gasteiger partial charge is 0.159 e. The summed E-state index contributed by atoms with van der Waals surface area (Å²) in [5.74, 6) is 0. The highest BCUT2D eigenvalue weighted by Crippen LogP contribution is 2.58. The average Bonchev–Trinajstić information content (AvgIpc) is 4.46. The second-order valence-corrected chi connectivity index (χ2v) is 20.7. The fourth-order valence-corrected chi connectivity index (χ4v) is 13.4. The molecular weight excluding hydrogens is 982 g/mol. The van der Waals surface area contributed by atoms with Gasteiger partial charge in [0.1, 0.15) is 11.2 Å². The molecule has 0 amide bonds. The highest BCUT2D eigenvalue weighted by Gasteiger charge is 2.47. The number of para-hydroxylation sites is 4. The van der Waals surface area contributed by atoms with E-state index in [4.69, 9.17) is 20.4 Å². The maximum atomic E-state index is 6.92. The normalized spacial score (nSPS) is 13.2. The molecule has 16 rings (SSSR count). The summed E-state index contributed by atoms with van der Waals surface area (Å²) in [6, 6.07) is 104. The van der Waals surface area contributed by atoms with Crippen molar-refractivity contribution in [3.8, 4) is 22.3 Å². The molecule has 0 saturated carbocycles. The largest absolute Gasteiger partial charge is 0.454 e. The first-order valence-electron chi connectivity index (χ1n) is 26.6. The topological polar surface area (TPSA) is 29.5 Å². The molecule has 0 atom stereocenters. The van der Waals surface area contributed by atoms with Crippen LogP contribution in [-0.4, -0.2) is 0 Å². The molecule has 12 aromatic carbocycles. The number of benzene rings is 12. The zero-order chi connectivity index (χ0) is 51.8. The predicted octanol–water partition coefficient (Wildman–Crippen LogP) is 20.7. The Labute approximate surface area is 464 Å². The van der Waals surface area contributed by atoms with Crippen molar-refractivity contribution in [2.75, 3.05) is 4.90 Å². The molecule has 14 aromatic rings.